The van der Waals surface area contributed by atoms with Crippen molar-refractivity contribution in [2.24, 2.45) is 0 Å². The lowest BCUT2D eigenvalue weighted by atomic mass is 9.98. The van der Waals surface area contributed by atoms with Gasteiger partial charge in [-0.2, -0.15) is 0 Å². The second kappa shape index (κ2) is 7.00. The summed E-state index contributed by atoms with van der Waals surface area (Å²) in [5, 5.41) is 1.91. The molecule has 0 fully saturated rings. The zero-order chi connectivity index (χ0) is 18.1. The van der Waals surface area contributed by atoms with E-state index in [-0.39, 0.29) is 5.91 Å². The van der Waals surface area contributed by atoms with Crippen molar-refractivity contribution in [2.45, 2.75) is 19.8 Å². The van der Waals surface area contributed by atoms with Gasteiger partial charge in [-0.05, 0) is 36.6 Å². The molecule has 4 heteroatoms. The van der Waals surface area contributed by atoms with E-state index in [0.29, 0.717) is 13.0 Å². The molecule has 0 saturated heterocycles. The number of hydrogen-bond acceptors (Lipinski definition) is 1. The number of aryl methyl sites for hydroxylation is 1. The number of aromatic amines is 1. The molecule has 1 N–H and O–H groups in total. The molecule has 0 spiro atoms. The van der Waals surface area contributed by atoms with Gasteiger partial charge in [-0.15, -0.1) is 0 Å². The van der Waals surface area contributed by atoms with Crippen molar-refractivity contribution in [1.82, 2.24) is 9.88 Å². The predicted molar refractivity (Wildman–Crippen MR) is 107 cm³/mol. The van der Waals surface area contributed by atoms with Gasteiger partial charge in [-0.25, -0.2) is 0 Å². The molecule has 0 unspecified atom stereocenters. The van der Waals surface area contributed by atoms with Crippen molar-refractivity contribution in [2.75, 3.05) is 13.1 Å². The molecule has 2 aromatic carbocycles. The van der Waals surface area contributed by atoms with Gasteiger partial charge in [-0.3, -0.25) is 4.79 Å². The normalized spacial score (nSPS) is 14.5. The molecule has 0 radical (unpaired) electrons. The molecule has 0 aliphatic carbocycles. The molecule has 1 amide bonds. The van der Waals surface area contributed by atoms with Crippen LogP contribution in [-0.2, 0) is 11.2 Å². The SMILES string of the molecule is Cc1cccc(CC(=O)N2CC=C(c3c[nH]c4cc(Cl)ccc34)CC2)c1. The molecular formula is C22H21ClN2O. The van der Waals surface area contributed by atoms with Crippen molar-refractivity contribution in [3.8, 4) is 0 Å². The van der Waals surface area contributed by atoms with Crippen LogP contribution in [0.2, 0.25) is 5.02 Å². The van der Waals surface area contributed by atoms with Crippen LogP contribution in [0, 0.1) is 6.92 Å². The van der Waals surface area contributed by atoms with Crippen molar-refractivity contribution in [1.29, 1.82) is 0 Å². The number of nitrogens with one attached hydrogen (secondary N) is 1. The number of hydrogen-bond donors (Lipinski definition) is 1. The van der Waals surface area contributed by atoms with Crippen LogP contribution >= 0.6 is 11.6 Å². The van der Waals surface area contributed by atoms with E-state index in [0.717, 1.165) is 29.1 Å². The van der Waals surface area contributed by atoms with Crippen molar-refractivity contribution in [3.63, 3.8) is 0 Å². The maximum atomic E-state index is 12.6. The number of carbonyl (C=O) groups is 1. The lowest BCUT2D eigenvalue weighted by Crippen LogP contribution is -2.35. The first-order valence-corrected chi connectivity index (χ1v) is 9.27. The Bertz CT molecular complexity index is 1000. The van der Waals surface area contributed by atoms with E-state index >= 15 is 0 Å². The minimum Gasteiger partial charge on any atom is -0.361 e. The van der Waals surface area contributed by atoms with Gasteiger partial charge in [-0.1, -0.05) is 53.6 Å². The lowest BCUT2D eigenvalue weighted by molar-refractivity contribution is -0.130. The zero-order valence-corrected chi connectivity index (χ0v) is 15.5. The molecule has 0 atom stereocenters. The monoisotopic (exact) mass is 364 g/mol. The van der Waals surface area contributed by atoms with E-state index in [9.17, 15) is 4.79 Å². The Morgan fingerprint density at radius 3 is 2.88 bits per heavy atom. The standard InChI is InChI=1S/C22H21ClN2O/c1-15-3-2-4-16(11-15)12-22(26)25-9-7-17(8-10-25)20-14-24-21-13-18(23)5-6-19(20)21/h2-7,11,13-14,24H,8-10,12H2,1H3. The van der Waals surface area contributed by atoms with E-state index in [1.54, 1.807) is 0 Å². The quantitative estimate of drug-likeness (QED) is 0.698. The summed E-state index contributed by atoms with van der Waals surface area (Å²) < 4.78 is 0. The molecule has 0 bridgehead atoms. The summed E-state index contributed by atoms with van der Waals surface area (Å²) in [6.45, 7) is 3.48. The van der Waals surface area contributed by atoms with Gasteiger partial charge in [0.05, 0.1) is 6.42 Å². The predicted octanol–water partition coefficient (Wildman–Crippen LogP) is 4.99. The van der Waals surface area contributed by atoms with E-state index in [4.69, 9.17) is 11.6 Å². The topological polar surface area (TPSA) is 36.1 Å². The van der Waals surface area contributed by atoms with Crippen LogP contribution in [0.15, 0.2) is 54.7 Å². The summed E-state index contributed by atoms with van der Waals surface area (Å²) in [4.78, 5) is 17.8. The van der Waals surface area contributed by atoms with E-state index < -0.39 is 0 Å². The first kappa shape index (κ1) is 16.9. The molecule has 3 nitrogen and oxygen atoms in total. The van der Waals surface area contributed by atoms with Gasteiger partial charge in [0.2, 0.25) is 5.91 Å². The third-order valence-electron chi connectivity index (χ3n) is 4.99. The fourth-order valence-corrected chi connectivity index (χ4v) is 3.79. The lowest BCUT2D eigenvalue weighted by Gasteiger charge is -2.26. The highest BCUT2D eigenvalue weighted by Crippen LogP contribution is 2.30. The summed E-state index contributed by atoms with van der Waals surface area (Å²) >= 11 is 6.07. The molecular weight excluding hydrogens is 344 g/mol. The van der Waals surface area contributed by atoms with Gasteiger partial charge in [0.1, 0.15) is 0 Å². The van der Waals surface area contributed by atoms with E-state index in [1.165, 1.54) is 22.1 Å². The molecule has 4 rings (SSSR count). The van der Waals surface area contributed by atoms with Gasteiger partial charge in [0.25, 0.3) is 0 Å². The largest absolute Gasteiger partial charge is 0.361 e. The average Bonchev–Trinajstić information content (AvgIpc) is 3.05. The highest BCUT2D eigenvalue weighted by molar-refractivity contribution is 6.31. The fraction of sp³-hybridized carbons (Fsp3) is 0.227. The summed E-state index contributed by atoms with van der Waals surface area (Å²) in [5.41, 5.74) is 5.82. The first-order chi connectivity index (χ1) is 12.6. The number of carbonyl (C=O) groups excluding carboxylic acids is 1. The molecule has 1 aliphatic rings. The van der Waals surface area contributed by atoms with Gasteiger partial charge < -0.3 is 9.88 Å². The number of amides is 1. The van der Waals surface area contributed by atoms with Crippen LogP contribution in [-0.4, -0.2) is 28.9 Å². The third-order valence-corrected chi connectivity index (χ3v) is 5.22. The van der Waals surface area contributed by atoms with Crippen LogP contribution < -0.4 is 0 Å². The fourth-order valence-electron chi connectivity index (χ4n) is 3.61. The molecule has 1 aliphatic heterocycles. The molecule has 1 aromatic heterocycles. The Hall–Kier alpha value is -2.52. The van der Waals surface area contributed by atoms with Crippen molar-refractivity contribution < 1.29 is 4.79 Å². The average molecular weight is 365 g/mol. The Labute approximate surface area is 158 Å². The van der Waals surface area contributed by atoms with Gasteiger partial charge in [0, 0.05) is 40.8 Å². The summed E-state index contributed by atoms with van der Waals surface area (Å²) in [6.07, 6.45) is 5.55. The zero-order valence-electron chi connectivity index (χ0n) is 14.8. The summed E-state index contributed by atoms with van der Waals surface area (Å²) in [5.74, 6) is 0.191. The van der Waals surface area contributed by atoms with Crippen LogP contribution in [0.3, 0.4) is 0 Å². The van der Waals surface area contributed by atoms with E-state index in [1.807, 2.05) is 35.4 Å². The van der Waals surface area contributed by atoms with E-state index in [2.05, 4.69) is 36.2 Å². The molecule has 26 heavy (non-hydrogen) atoms. The first-order valence-electron chi connectivity index (χ1n) is 8.89. The number of nitrogens with zero attached hydrogens (tertiary/aromatic N) is 1. The summed E-state index contributed by atoms with van der Waals surface area (Å²) in [6, 6.07) is 14.1. The number of halogens is 1. The van der Waals surface area contributed by atoms with Crippen LogP contribution in [0.25, 0.3) is 16.5 Å². The second-order valence-corrected chi connectivity index (χ2v) is 7.31. The number of aromatic nitrogens is 1. The van der Waals surface area contributed by atoms with Crippen LogP contribution in [0.5, 0.6) is 0 Å². The Morgan fingerprint density at radius 1 is 1.23 bits per heavy atom. The summed E-state index contributed by atoms with van der Waals surface area (Å²) in [7, 11) is 0. The molecule has 0 saturated carbocycles. The maximum absolute atomic E-state index is 12.6. The number of H-pyrrole nitrogens is 1. The Morgan fingerprint density at radius 2 is 2.12 bits per heavy atom. The third kappa shape index (κ3) is 3.40. The van der Waals surface area contributed by atoms with Crippen molar-refractivity contribution in [3.05, 3.63) is 76.5 Å². The smallest absolute Gasteiger partial charge is 0.227 e. The van der Waals surface area contributed by atoms with Crippen LogP contribution in [0.4, 0.5) is 0 Å². The minimum absolute atomic E-state index is 0.191. The molecule has 3 aromatic rings. The Kier molecular flexibility index (Phi) is 4.56. The minimum atomic E-state index is 0.191. The highest BCUT2D eigenvalue weighted by Gasteiger charge is 2.19. The second-order valence-electron chi connectivity index (χ2n) is 6.88. The van der Waals surface area contributed by atoms with Gasteiger partial charge >= 0.3 is 0 Å². The van der Waals surface area contributed by atoms with Crippen molar-refractivity contribution >= 4 is 34.0 Å². The number of benzene rings is 2. The number of rotatable bonds is 3. The molecule has 2 heterocycles. The Balaban J connectivity index is 1.48. The van der Waals surface area contributed by atoms with Crippen LogP contribution in [0.1, 0.15) is 23.1 Å². The molecule has 132 valence electrons. The highest BCUT2D eigenvalue weighted by atomic mass is 35.5. The maximum Gasteiger partial charge on any atom is 0.227 e. The number of fused-ring (bicyclic) bond motifs is 1. The van der Waals surface area contributed by atoms with Gasteiger partial charge in [0.15, 0.2) is 0 Å².